The molecule has 0 heterocycles. The molecule has 0 aromatic heterocycles. The molecule has 0 atom stereocenters. The van der Waals surface area contributed by atoms with Crippen molar-refractivity contribution in [3.05, 3.63) is 77.5 Å². The summed E-state index contributed by atoms with van der Waals surface area (Å²) in [6.07, 6.45) is 6.62. The van der Waals surface area contributed by atoms with Gasteiger partial charge in [-0.15, -0.1) is 0 Å². The van der Waals surface area contributed by atoms with Crippen LogP contribution in [-0.4, -0.2) is 25.5 Å². The number of benzene rings is 2. The predicted octanol–water partition coefficient (Wildman–Crippen LogP) is 3.78. The average molecular weight is 378 g/mol. The van der Waals surface area contributed by atoms with Gasteiger partial charge in [-0.3, -0.25) is 9.59 Å². The number of amides is 2. The minimum Gasteiger partial charge on any atom is -0.497 e. The second-order valence-corrected chi connectivity index (χ2v) is 6.17. The maximum atomic E-state index is 12.5. The predicted molar refractivity (Wildman–Crippen MR) is 113 cm³/mol. The molecular weight excluding hydrogens is 352 g/mol. The molecule has 2 N–H and O–H groups in total. The molecule has 2 aromatic carbocycles. The van der Waals surface area contributed by atoms with E-state index in [9.17, 15) is 9.59 Å². The second kappa shape index (κ2) is 11.4. The summed E-state index contributed by atoms with van der Waals surface area (Å²) in [5, 5.41) is 5.52. The highest BCUT2D eigenvalue weighted by Gasteiger charge is 2.11. The van der Waals surface area contributed by atoms with Crippen LogP contribution in [0.4, 0.5) is 0 Å². The summed E-state index contributed by atoms with van der Waals surface area (Å²) >= 11 is 0. The molecule has 0 saturated carbocycles. The van der Waals surface area contributed by atoms with Crippen molar-refractivity contribution in [1.29, 1.82) is 0 Å². The van der Waals surface area contributed by atoms with Crippen LogP contribution in [0.25, 0.3) is 12.2 Å². The quantitative estimate of drug-likeness (QED) is 0.515. The molecule has 0 bridgehead atoms. The van der Waals surface area contributed by atoms with Gasteiger partial charge in [0.1, 0.15) is 11.4 Å². The first-order valence-corrected chi connectivity index (χ1v) is 9.30. The molecule has 0 spiro atoms. The van der Waals surface area contributed by atoms with E-state index in [2.05, 4.69) is 17.6 Å². The van der Waals surface area contributed by atoms with Gasteiger partial charge < -0.3 is 15.4 Å². The summed E-state index contributed by atoms with van der Waals surface area (Å²) in [6.45, 7) is 2.61. The molecule has 0 aliphatic rings. The fourth-order valence-electron chi connectivity index (χ4n) is 2.41. The van der Waals surface area contributed by atoms with Crippen LogP contribution in [0.15, 0.2) is 66.4 Å². The lowest BCUT2D eigenvalue weighted by Crippen LogP contribution is -2.34. The maximum absolute atomic E-state index is 12.5. The van der Waals surface area contributed by atoms with E-state index in [1.807, 2.05) is 42.5 Å². The van der Waals surface area contributed by atoms with Gasteiger partial charge in [-0.1, -0.05) is 55.8 Å². The average Bonchev–Trinajstić information content (AvgIpc) is 2.73. The minimum absolute atomic E-state index is 0.198. The van der Waals surface area contributed by atoms with E-state index in [1.54, 1.807) is 31.4 Å². The Morgan fingerprint density at radius 1 is 1.00 bits per heavy atom. The number of unbranched alkanes of at least 4 members (excludes halogenated alkanes) is 1. The molecule has 0 aliphatic carbocycles. The number of carbonyl (C=O) groups excluding carboxylic acids is 2. The van der Waals surface area contributed by atoms with Gasteiger partial charge in [-0.05, 0) is 41.8 Å². The highest BCUT2D eigenvalue weighted by molar-refractivity contribution is 6.04. The Balaban J connectivity index is 2.14. The Labute approximate surface area is 166 Å². The lowest BCUT2D eigenvalue weighted by atomic mass is 10.1. The Kier molecular flexibility index (Phi) is 8.53. The molecular formula is C23H26N2O3. The van der Waals surface area contributed by atoms with Gasteiger partial charge in [-0.2, -0.15) is 0 Å². The van der Waals surface area contributed by atoms with E-state index in [1.165, 1.54) is 6.08 Å². The number of methoxy groups -OCH3 is 1. The monoisotopic (exact) mass is 378 g/mol. The third kappa shape index (κ3) is 7.11. The highest BCUT2D eigenvalue weighted by atomic mass is 16.5. The van der Waals surface area contributed by atoms with Crippen molar-refractivity contribution >= 4 is 24.0 Å². The van der Waals surface area contributed by atoms with E-state index in [0.29, 0.717) is 6.54 Å². The Morgan fingerprint density at radius 3 is 2.36 bits per heavy atom. The summed E-state index contributed by atoms with van der Waals surface area (Å²) in [4.78, 5) is 24.8. The van der Waals surface area contributed by atoms with Crippen molar-refractivity contribution in [3.8, 4) is 5.75 Å². The van der Waals surface area contributed by atoms with Gasteiger partial charge >= 0.3 is 0 Å². The first-order chi connectivity index (χ1) is 13.6. The minimum atomic E-state index is -0.366. The summed E-state index contributed by atoms with van der Waals surface area (Å²) < 4.78 is 5.15. The fraction of sp³-hybridized carbons (Fsp3) is 0.217. The fourth-order valence-corrected chi connectivity index (χ4v) is 2.41. The summed E-state index contributed by atoms with van der Waals surface area (Å²) in [5.41, 5.74) is 1.89. The molecule has 2 aromatic rings. The van der Waals surface area contributed by atoms with Crippen LogP contribution in [0.3, 0.4) is 0 Å². The molecule has 0 aliphatic heterocycles. The molecule has 2 rings (SSSR count). The molecule has 5 nitrogen and oxygen atoms in total. The number of ether oxygens (including phenoxy) is 1. The smallest absolute Gasteiger partial charge is 0.267 e. The molecule has 0 saturated heterocycles. The van der Waals surface area contributed by atoms with Crippen LogP contribution in [0, 0.1) is 0 Å². The van der Waals surface area contributed by atoms with E-state index >= 15 is 0 Å². The molecule has 5 heteroatoms. The van der Waals surface area contributed by atoms with Gasteiger partial charge in [-0.25, -0.2) is 0 Å². The van der Waals surface area contributed by atoms with Crippen LogP contribution in [0.1, 0.15) is 30.9 Å². The highest BCUT2D eigenvalue weighted by Crippen LogP contribution is 2.13. The van der Waals surface area contributed by atoms with Crippen LogP contribution < -0.4 is 15.4 Å². The number of rotatable bonds is 9. The normalized spacial score (nSPS) is 11.3. The van der Waals surface area contributed by atoms with E-state index < -0.39 is 0 Å². The third-order valence-corrected chi connectivity index (χ3v) is 3.97. The summed E-state index contributed by atoms with van der Waals surface area (Å²) in [5.74, 6) is 0.0425. The van der Waals surface area contributed by atoms with Gasteiger partial charge in [0.25, 0.3) is 5.91 Å². The van der Waals surface area contributed by atoms with Crippen LogP contribution >= 0.6 is 0 Å². The Morgan fingerprint density at radius 2 is 1.71 bits per heavy atom. The summed E-state index contributed by atoms with van der Waals surface area (Å²) in [7, 11) is 1.59. The van der Waals surface area contributed by atoms with Gasteiger partial charge in [0.05, 0.1) is 7.11 Å². The van der Waals surface area contributed by atoms with E-state index in [0.717, 1.165) is 29.7 Å². The zero-order valence-electron chi connectivity index (χ0n) is 16.3. The zero-order valence-corrected chi connectivity index (χ0v) is 16.3. The molecule has 28 heavy (non-hydrogen) atoms. The van der Waals surface area contributed by atoms with E-state index in [4.69, 9.17) is 4.74 Å². The molecule has 0 unspecified atom stereocenters. The SMILES string of the molecule is CCCCNC(=O)/C(=C/c1ccc(OC)cc1)NC(=O)/C=C/c1ccccc1. The molecule has 146 valence electrons. The van der Waals surface area contributed by atoms with Crippen molar-refractivity contribution in [3.63, 3.8) is 0 Å². The lowest BCUT2D eigenvalue weighted by Gasteiger charge is -2.10. The molecule has 2 amide bonds. The second-order valence-electron chi connectivity index (χ2n) is 6.17. The first-order valence-electron chi connectivity index (χ1n) is 9.30. The standard InChI is InChI=1S/C23H26N2O3/c1-3-4-16-24-23(27)21(17-19-10-13-20(28-2)14-11-19)25-22(26)15-12-18-8-6-5-7-9-18/h5-15,17H,3-4,16H2,1-2H3,(H,24,27)(H,25,26)/b15-12+,21-17-. The topological polar surface area (TPSA) is 67.4 Å². The maximum Gasteiger partial charge on any atom is 0.267 e. The number of carbonyl (C=O) groups is 2. The van der Waals surface area contributed by atoms with Gasteiger partial charge in [0.2, 0.25) is 5.91 Å². The number of hydrogen-bond acceptors (Lipinski definition) is 3. The van der Waals surface area contributed by atoms with Crippen molar-refractivity contribution in [2.24, 2.45) is 0 Å². The first kappa shape index (κ1) is 21.0. The summed E-state index contributed by atoms with van der Waals surface area (Å²) in [6, 6.07) is 16.7. The van der Waals surface area contributed by atoms with Crippen molar-refractivity contribution in [2.75, 3.05) is 13.7 Å². The lowest BCUT2D eigenvalue weighted by molar-refractivity contribution is -0.121. The number of hydrogen-bond donors (Lipinski definition) is 2. The van der Waals surface area contributed by atoms with Gasteiger partial charge in [0.15, 0.2) is 0 Å². The van der Waals surface area contributed by atoms with Crippen molar-refractivity contribution in [2.45, 2.75) is 19.8 Å². The number of nitrogens with one attached hydrogen (secondary N) is 2. The Bertz CT molecular complexity index is 825. The molecule has 0 fully saturated rings. The van der Waals surface area contributed by atoms with Crippen LogP contribution in [0.2, 0.25) is 0 Å². The largest absolute Gasteiger partial charge is 0.497 e. The third-order valence-electron chi connectivity index (χ3n) is 3.97. The van der Waals surface area contributed by atoms with Crippen molar-refractivity contribution < 1.29 is 14.3 Å². The van der Waals surface area contributed by atoms with Gasteiger partial charge in [0, 0.05) is 12.6 Å². The molecule has 0 radical (unpaired) electrons. The van der Waals surface area contributed by atoms with E-state index in [-0.39, 0.29) is 17.5 Å². The Hall–Kier alpha value is -3.34. The van der Waals surface area contributed by atoms with Crippen LogP contribution in [-0.2, 0) is 9.59 Å². The van der Waals surface area contributed by atoms with Crippen molar-refractivity contribution in [1.82, 2.24) is 10.6 Å². The van der Waals surface area contributed by atoms with Crippen LogP contribution in [0.5, 0.6) is 5.75 Å². The zero-order chi connectivity index (χ0) is 20.2.